The summed E-state index contributed by atoms with van der Waals surface area (Å²) in [5.41, 5.74) is 0. The number of alkyl halides is 3. The summed E-state index contributed by atoms with van der Waals surface area (Å²) in [6.45, 7) is 3.74. The van der Waals surface area contributed by atoms with Crippen LogP contribution in [0, 0.1) is 5.92 Å². The van der Waals surface area contributed by atoms with Crippen LogP contribution < -0.4 is 10.6 Å². The molecule has 1 atom stereocenters. The lowest BCUT2D eigenvalue weighted by Crippen LogP contribution is -2.25. The Bertz CT molecular complexity index is 165. The first kappa shape index (κ1) is 12.8. The summed E-state index contributed by atoms with van der Waals surface area (Å²) in [4.78, 5) is 0. The standard InChI is InChI=1S/C10H19F3N2/c11-10(12,13)4-1-2-5-14-7-9-3-6-15-8-9/h9,14-15H,1-8H2. The zero-order valence-electron chi connectivity index (χ0n) is 8.87. The largest absolute Gasteiger partial charge is 0.389 e. The fourth-order valence-electron chi connectivity index (χ4n) is 1.77. The molecule has 90 valence electrons. The molecule has 1 heterocycles. The third-order valence-corrected chi connectivity index (χ3v) is 2.66. The van der Waals surface area contributed by atoms with E-state index in [-0.39, 0.29) is 6.42 Å². The number of hydrogen-bond donors (Lipinski definition) is 2. The number of hydrogen-bond acceptors (Lipinski definition) is 2. The van der Waals surface area contributed by atoms with Crippen molar-refractivity contribution >= 4 is 0 Å². The number of unbranched alkanes of at least 4 members (excludes halogenated alkanes) is 1. The van der Waals surface area contributed by atoms with Crippen molar-refractivity contribution in [1.29, 1.82) is 0 Å². The maximum atomic E-state index is 11.8. The highest BCUT2D eigenvalue weighted by molar-refractivity contribution is 4.72. The summed E-state index contributed by atoms with van der Waals surface area (Å²) in [6.07, 6.45) is -2.62. The monoisotopic (exact) mass is 224 g/mol. The summed E-state index contributed by atoms with van der Waals surface area (Å²) in [7, 11) is 0. The third-order valence-electron chi connectivity index (χ3n) is 2.66. The van der Waals surface area contributed by atoms with Crippen LogP contribution in [0.15, 0.2) is 0 Å². The minimum atomic E-state index is -3.99. The lowest BCUT2D eigenvalue weighted by atomic mass is 10.1. The van der Waals surface area contributed by atoms with Crippen molar-refractivity contribution in [3.8, 4) is 0 Å². The number of rotatable bonds is 6. The Morgan fingerprint density at radius 3 is 2.67 bits per heavy atom. The molecule has 0 aromatic heterocycles. The number of nitrogens with one attached hydrogen (secondary N) is 2. The van der Waals surface area contributed by atoms with Gasteiger partial charge in [0.1, 0.15) is 0 Å². The Morgan fingerprint density at radius 1 is 1.27 bits per heavy atom. The van der Waals surface area contributed by atoms with Gasteiger partial charge >= 0.3 is 6.18 Å². The second-order valence-corrected chi connectivity index (χ2v) is 4.14. The summed E-state index contributed by atoms with van der Waals surface area (Å²) in [5.74, 6) is 0.660. The minimum Gasteiger partial charge on any atom is -0.316 e. The van der Waals surface area contributed by atoms with Gasteiger partial charge in [-0.05, 0) is 51.4 Å². The van der Waals surface area contributed by atoms with Gasteiger partial charge in [0, 0.05) is 6.42 Å². The molecule has 2 N–H and O–H groups in total. The molecule has 0 aromatic carbocycles. The Hall–Kier alpha value is -0.290. The van der Waals surface area contributed by atoms with Crippen LogP contribution in [0.3, 0.4) is 0 Å². The van der Waals surface area contributed by atoms with Crippen LogP contribution >= 0.6 is 0 Å². The first-order valence-corrected chi connectivity index (χ1v) is 5.56. The Balaban J connectivity index is 1.84. The normalized spacial score (nSPS) is 22.2. The SMILES string of the molecule is FC(F)(F)CCCCNCC1CCNC1. The quantitative estimate of drug-likeness (QED) is 0.673. The van der Waals surface area contributed by atoms with Crippen molar-refractivity contribution in [2.24, 2.45) is 5.92 Å². The van der Waals surface area contributed by atoms with E-state index in [4.69, 9.17) is 0 Å². The molecule has 1 aliphatic heterocycles. The maximum absolute atomic E-state index is 11.8. The number of halogens is 3. The lowest BCUT2D eigenvalue weighted by molar-refractivity contribution is -0.135. The van der Waals surface area contributed by atoms with Gasteiger partial charge in [-0.3, -0.25) is 0 Å². The minimum absolute atomic E-state index is 0.236. The molecular formula is C10H19F3N2. The average molecular weight is 224 g/mol. The highest BCUT2D eigenvalue weighted by Gasteiger charge is 2.25. The molecule has 0 bridgehead atoms. The summed E-state index contributed by atoms with van der Waals surface area (Å²) in [6, 6.07) is 0. The molecule has 0 aromatic rings. The molecule has 2 nitrogen and oxygen atoms in total. The van der Waals surface area contributed by atoms with Gasteiger partial charge in [0.15, 0.2) is 0 Å². The fraction of sp³-hybridized carbons (Fsp3) is 1.00. The van der Waals surface area contributed by atoms with Crippen molar-refractivity contribution < 1.29 is 13.2 Å². The topological polar surface area (TPSA) is 24.1 Å². The van der Waals surface area contributed by atoms with Crippen molar-refractivity contribution in [2.75, 3.05) is 26.2 Å². The predicted octanol–water partition coefficient (Wildman–Crippen LogP) is 1.92. The molecule has 0 aliphatic carbocycles. The van der Waals surface area contributed by atoms with E-state index in [0.717, 1.165) is 19.6 Å². The second kappa shape index (κ2) is 6.33. The average Bonchev–Trinajstić information content (AvgIpc) is 2.61. The lowest BCUT2D eigenvalue weighted by Gasteiger charge is -2.10. The van der Waals surface area contributed by atoms with E-state index in [1.54, 1.807) is 0 Å². The van der Waals surface area contributed by atoms with Crippen molar-refractivity contribution in [2.45, 2.75) is 31.9 Å². The van der Waals surface area contributed by atoms with Gasteiger partial charge in [-0.1, -0.05) is 0 Å². The van der Waals surface area contributed by atoms with Crippen LogP contribution in [-0.4, -0.2) is 32.4 Å². The van der Waals surface area contributed by atoms with Crippen LogP contribution in [0.5, 0.6) is 0 Å². The van der Waals surface area contributed by atoms with Crippen molar-refractivity contribution in [3.05, 3.63) is 0 Å². The van der Waals surface area contributed by atoms with Gasteiger partial charge in [-0.25, -0.2) is 0 Å². The highest BCUT2D eigenvalue weighted by atomic mass is 19.4. The summed E-state index contributed by atoms with van der Waals surface area (Å²) < 4.78 is 35.3. The van der Waals surface area contributed by atoms with Crippen LogP contribution in [0.4, 0.5) is 13.2 Å². The van der Waals surface area contributed by atoms with Gasteiger partial charge < -0.3 is 10.6 Å². The second-order valence-electron chi connectivity index (χ2n) is 4.14. The molecule has 15 heavy (non-hydrogen) atoms. The molecule has 1 saturated heterocycles. The first-order valence-electron chi connectivity index (χ1n) is 5.56. The maximum Gasteiger partial charge on any atom is 0.389 e. The van der Waals surface area contributed by atoms with Crippen LogP contribution in [0.2, 0.25) is 0 Å². The van der Waals surface area contributed by atoms with Crippen LogP contribution in [0.1, 0.15) is 25.7 Å². The van der Waals surface area contributed by atoms with Crippen LogP contribution in [-0.2, 0) is 0 Å². The van der Waals surface area contributed by atoms with Gasteiger partial charge in [0.05, 0.1) is 0 Å². The molecule has 0 saturated carbocycles. The predicted molar refractivity (Wildman–Crippen MR) is 53.8 cm³/mol. The molecule has 0 radical (unpaired) electrons. The van der Waals surface area contributed by atoms with E-state index in [0.29, 0.717) is 18.9 Å². The van der Waals surface area contributed by atoms with Gasteiger partial charge in [0.2, 0.25) is 0 Å². The summed E-state index contributed by atoms with van der Waals surface area (Å²) >= 11 is 0. The van der Waals surface area contributed by atoms with E-state index < -0.39 is 12.6 Å². The molecule has 0 spiro atoms. The van der Waals surface area contributed by atoms with E-state index >= 15 is 0 Å². The fourth-order valence-corrected chi connectivity index (χ4v) is 1.77. The van der Waals surface area contributed by atoms with E-state index in [9.17, 15) is 13.2 Å². The molecule has 1 rings (SSSR count). The van der Waals surface area contributed by atoms with Crippen molar-refractivity contribution in [1.82, 2.24) is 10.6 Å². The van der Waals surface area contributed by atoms with E-state index in [1.165, 1.54) is 6.42 Å². The highest BCUT2D eigenvalue weighted by Crippen LogP contribution is 2.21. The van der Waals surface area contributed by atoms with Crippen LogP contribution in [0.25, 0.3) is 0 Å². The molecule has 1 aliphatic rings. The van der Waals surface area contributed by atoms with E-state index in [1.807, 2.05) is 0 Å². The van der Waals surface area contributed by atoms with Gasteiger partial charge in [-0.15, -0.1) is 0 Å². The Kier molecular flexibility index (Phi) is 5.39. The Labute approximate surface area is 88.6 Å². The zero-order valence-corrected chi connectivity index (χ0v) is 8.87. The van der Waals surface area contributed by atoms with Crippen molar-refractivity contribution in [3.63, 3.8) is 0 Å². The molecular weight excluding hydrogens is 205 g/mol. The van der Waals surface area contributed by atoms with Gasteiger partial charge in [0.25, 0.3) is 0 Å². The molecule has 0 amide bonds. The first-order chi connectivity index (χ1) is 7.08. The van der Waals surface area contributed by atoms with Gasteiger partial charge in [-0.2, -0.15) is 13.2 Å². The smallest absolute Gasteiger partial charge is 0.316 e. The van der Waals surface area contributed by atoms with E-state index in [2.05, 4.69) is 10.6 Å². The summed E-state index contributed by atoms with van der Waals surface area (Å²) in [5, 5.41) is 6.46. The molecule has 5 heteroatoms. The third kappa shape index (κ3) is 6.73. The zero-order chi connectivity index (χ0) is 11.1. The Morgan fingerprint density at radius 2 is 2.07 bits per heavy atom. The molecule has 1 fully saturated rings. The molecule has 1 unspecified atom stereocenters.